The molecule has 1 atom stereocenters. The number of hydrogen-bond donors (Lipinski definition) is 0. The third-order valence-corrected chi connectivity index (χ3v) is 2.43. The second-order valence-electron chi connectivity index (χ2n) is 2.85. The molecule has 0 rings (SSSR count). The van der Waals surface area contributed by atoms with Gasteiger partial charge in [0, 0.05) is 0 Å². The minimum atomic E-state index is -0.948. The van der Waals surface area contributed by atoms with Crippen LogP contribution in [0.3, 0.4) is 0 Å². The fraction of sp³-hybridized carbons (Fsp3) is 0.857. The van der Waals surface area contributed by atoms with Crippen molar-refractivity contribution in [1.29, 1.82) is 0 Å². The molecule has 72 valence electrons. The van der Waals surface area contributed by atoms with E-state index in [2.05, 4.69) is 47.8 Å². The molecule has 2 nitrogen and oxygen atoms in total. The SMILES string of the molecule is CC(C)C(C)OC(=O)C(Br)(Br)Br. The maximum absolute atomic E-state index is 11.2. The van der Waals surface area contributed by atoms with Gasteiger partial charge >= 0.3 is 5.97 Å². The summed E-state index contributed by atoms with van der Waals surface area (Å²) in [5.41, 5.74) is 0. The first-order chi connectivity index (χ1) is 5.25. The van der Waals surface area contributed by atoms with Gasteiger partial charge in [0.25, 0.3) is 0 Å². The predicted molar refractivity (Wildman–Crippen MR) is 59.9 cm³/mol. The molecule has 0 aromatic carbocycles. The number of halogens is 3. The topological polar surface area (TPSA) is 26.3 Å². The Morgan fingerprint density at radius 2 is 1.67 bits per heavy atom. The minimum absolute atomic E-state index is 0.0791. The molecule has 12 heavy (non-hydrogen) atoms. The van der Waals surface area contributed by atoms with E-state index in [0.717, 1.165) is 0 Å². The van der Waals surface area contributed by atoms with Gasteiger partial charge in [-0.3, -0.25) is 0 Å². The first kappa shape index (κ1) is 12.9. The van der Waals surface area contributed by atoms with E-state index >= 15 is 0 Å². The lowest BCUT2D eigenvalue weighted by Crippen LogP contribution is -2.27. The van der Waals surface area contributed by atoms with Crippen LogP contribution in [0.4, 0.5) is 0 Å². The molecule has 0 saturated heterocycles. The first-order valence-corrected chi connectivity index (χ1v) is 5.91. The monoisotopic (exact) mass is 364 g/mol. The molecule has 0 aromatic heterocycles. The summed E-state index contributed by atoms with van der Waals surface area (Å²) in [5.74, 6) is -0.0486. The van der Waals surface area contributed by atoms with Crippen molar-refractivity contribution in [3.05, 3.63) is 0 Å². The van der Waals surface area contributed by atoms with Crippen molar-refractivity contribution in [3.8, 4) is 0 Å². The van der Waals surface area contributed by atoms with Crippen LogP contribution in [0.25, 0.3) is 0 Å². The van der Waals surface area contributed by atoms with Crippen LogP contribution < -0.4 is 0 Å². The van der Waals surface area contributed by atoms with Gasteiger partial charge in [0.1, 0.15) is 6.10 Å². The number of ether oxygens (including phenoxy) is 1. The highest BCUT2D eigenvalue weighted by molar-refractivity contribution is 9.40. The summed E-state index contributed by atoms with van der Waals surface area (Å²) in [6.45, 7) is 5.86. The molecular formula is C7H11Br3O2. The van der Waals surface area contributed by atoms with Gasteiger partial charge in [-0.25, -0.2) is 4.79 Å². The quantitative estimate of drug-likeness (QED) is 0.553. The van der Waals surface area contributed by atoms with Crippen LogP contribution in [0.5, 0.6) is 0 Å². The second-order valence-corrected chi connectivity index (χ2v) is 9.61. The third kappa shape index (κ3) is 4.82. The lowest BCUT2D eigenvalue weighted by Gasteiger charge is -2.19. The van der Waals surface area contributed by atoms with Crippen LogP contribution in [-0.2, 0) is 9.53 Å². The van der Waals surface area contributed by atoms with Crippen molar-refractivity contribution in [2.24, 2.45) is 5.92 Å². The molecule has 5 heteroatoms. The lowest BCUT2D eigenvalue weighted by atomic mass is 10.1. The van der Waals surface area contributed by atoms with E-state index in [1.165, 1.54) is 0 Å². The standard InChI is InChI=1S/C7H11Br3O2/c1-4(2)5(3)12-6(11)7(8,9)10/h4-5H,1-3H3. The summed E-state index contributed by atoms with van der Waals surface area (Å²) in [5, 5.41) is 0. The molecule has 1 unspecified atom stereocenters. The Hall–Kier alpha value is 0.910. The van der Waals surface area contributed by atoms with Crippen molar-refractivity contribution in [3.63, 3.8) is 0 Å². The summed E-state index contributed by atoms with van der Waals surface area (Å²) in [6.07, 6.45) is -0.0791. The van der Waals surface area contributed by atoms with Crippen molar-refractivity contribution in [1.82, 2.24) is 0 Å². The zero-order valence-corrected chi connectivity index (χ0v) is 11.9. The summed E-state index contributed by atoms with van der Waals surface area (Å²) < 4.78 is 4.15. The highest BCUT2D eigenvalue weighted by Crippen LogP contribution is 2.35. The minimum Gasteiger partial charge on any atom is -0.460 e. The van der Waals surface area contributed by atoms with Crippen molar-refractivity contribution in [2.75, 3.05) is 0 Å². The van der Waals surface area contributed by atoms with Gasteiger partial charge in [0.15, 0.2) is 0 Å². The maximum atomic E-state index is 11.2. The first-order valence-electron chi connectivity index (χ1n) is 3.53. The fourth-order valence-electron chi connectivity index (χ4n) is 0.372. The predicted octanol–water partition coefficient (Wildman–Crippen LogP) is 3.41. The summed E-state index contributed by atoms with van der Waals surface area (Å²) >= 11 is 9.24. The Morgan fingerprint density at radius 1 is 1.25 bits per heavy atom. The van der Waals surface area contributed by atoms with Crippen LogP contribution in [0.15, 0.2) is 0 Å². The smallest absolute Gasteiger partial charge is 0.345 e. The summed E-state index contributed by atoms with van der Waals surface area (Å²) in [6, 6.07) is 0. The maximum Gasteiger partial charge on any atom is 0.345 e. The van der Waals surface area contributed by atoms with Gasteiger partial charge in [0.2, 0.25) is 2.14 Å². The van der Waals surface area contributed by atoms with Crippen molar-refractivity contribution < 1.29 is 9.53 Å². The molecule has 0 radical (unpaired) electrons. The Balaban J connectivity index is 4.02. The zero-order valence-electron chi connectivity index (χ0n) is 7.11. The summed E-state index contributed by atoms with van der Waals surface area (Å²) in [7, 11) is 0. The van der Waals surface area contributed by atoms with Crippen LogP contribution in [0.1, 0.15) is 20.8 Å². The number of esters is 1. The summed E-state index contributed by atoms with van der Waals surface area (Å²) in [4.78, 5) is 11.2. The van der Waals surface area contributed by atoms with E-state index < -0.39 is 2.14 Å². The lowest BCUT2D eigenvalue weighted by molar-refractivity contribution is -0.148. The molecule has 0 heterocycles. The van der Waals surface area contributed by atoms with E-state index in [1.807, 2.05) is 20.8 Å². The Kier molecular flexibility index (Phi) is 5.33. The van der Waals surface area contributed by atoms with Crippen molar-refractivity contribution in [2.45, 2.75) is 29.0 Å². The number of hydrogen-bond acceptors (Lipinski definition) is 2. The molecule has 0 aliphatic carbocycles. The normalized spacial score (nSPS) is 14.6. The van der Waals surface area contributed by atoms with Gasteiger partial charge in [-0.05, 0) is 60.6 Å². The molecule has 0 fully saturated rings. The molecule has 0 aromatic rings. The highest BCUT2D eigenvalue weighted by Gasteiger charge is 2.32. The van der Waals surface area contributed by atoms with Gasteiger partial charge in [-0.1, -0.05) is 13.8 Å². The van der Waals surface area contributed by atoms with E-state index in [-0.39, 0.29) is 12.1 Å². The van der Waals surface area contributed by atoms with E-state index in [4.69, 9.17) is 4.74 Å². The molecule has 0 saturated carbocycles. The van der Waals surface area contributed by atoms with Crippen molar-refractivity contribution >= 4 is 53.8 Å². The van der Waals surface area contributed by atoms with Crippen LogP contribution in [-0.4, -0.2) is 14.2 Å². The molecule has 0 bridgehead atoms. The molecule has 0 amide bonds. The van der Waals surface area contributed by atoms with Gasteiger partial charge in [-0.15, -0.1) is 0 Å². The molecular weight excluding hydrogens is 356 g/mol. The number of carbonyl (C=O) groups is 1. The second kappa shape index (κ2) is 4.96. The fourth-order valence-corrected chi connectivity index (χ4v) is 0.652. The number of carbonyl (C=O) groups excluding carboxylic acids is 1. The van der Waals surface area contributed by atoms with Gasteiger partial charge in [0.05, 0.1) is 0 Å². The Morgan fingerprint density at radius 3 is 1.92 bits per heavy atom. The van der Waals surface area contributed by atoms with E-state index in [9.17, 15) is 4.79 Å². The average Bonchev–Trinajstić information content (AvgIpc) is 1.85. The number of rotatable bonds is 2. The molecule has 0 N–H and O–H groups in total. The third-order valence-electron chi connectivity index (χ3n) is 1.46. The Labute approximate surface area is 97.8 Å². The van der Waals surface area contributed by atoms with Gasteiger partial charge < -0.3 is 4.74 Å². The number of alkyl halides is 3. The van der Waals surface area contributed by atoms with Crippen LogP contribution >= 0.6 is 47.8 Å². The zero-order chi connectivity index (χ0) is 9.94. The highest BCUT2D eigenvalue weighted by atomic mass is 80.0. The molecule has 0 aliphatic rings. The van der Waals surface area contributed by atoms with Gasteiger partial charge in [-0.2, -0.15) is 0 Å². The van der Waals surface area contributed by atoms with E-state index in [0.29, 0.717) is 5.92 Å². The van der Waals surface area contributed by atoms with Crippen LogP contribution in [0.2, 0.25) is 0 Å². The molecule has 0 aliphatic heterocycles. The average molecular weight is 367 g/mol. The molecule has 0 spiro atoms. The Bertz CT molecular complexity index is 163. The van der Waals surface area contributed by atoms with E-state index in [1.54, 1.807) is 0 Å². The van der Waals surface area contributed by atoms with Crippen LogP contribution in [0, 0.1) is 5.92 Å². The largest absolute Gasteiger partial charge is 0.460 e.